The quantitative estimate of drug-likeness (QED) is 0.231. The zero-order valence-electron chi connectivity index (χ0n) is 24.6. The molecule has 0 saturated heterocycles. The third kappa shape index (κ3) is 6.71. The van der Waals surface area contributed by atoms with Gasteiger partial charge in [-0.15, -0.1) is 0 Å². The summed E-state index contributed by atoms with van der Waals surface area (Å²) in [7, 11) is -3.07. The molecule has 0 aliphatic heterocycles. The number of fused-ring (bicyclic) bond motifs is 1. The summed E-state index contributed by atoms with van der Waals surface area (Å²) in [5, 5.41) is 5.81. The summed E-state index contributed by atoms with van der Waals surface area (Å²) in [6.07, 6.45) is 1.86. The van der Waals surface area contributed by atoms with Gasteiger partial charge in [0, 0.05) is 10.9 Å². The number of nitrogens with one attached hydrogen (secondary N) is 1. The molecule has 0 unspecified atom stereocenters. The van der Waals surface area contributed by atoms with Crippen LogP contribution in [0.15, 0.2) is 60.8 Å². The normalized spacial score (nSPS) is 14.5. The van der Waals surface area contributed by atoms with E-state index < -0.39 is 19.3 Å². The van der Waals surface area contributed by atoms with Crippen molar-refractivity contribution < 1.29 is 8.63 Å². The summed E-state index contributed by atoms with van der Waals surface area (Å²) in [6.45, 7) is 19.6. The Morgan fingerprint density at radius 2 is 1.72 bits per heavy atom. The Labute approximate surface area is 236 Å². The first-order valence-electron chi connectivity index (χ1n) is 13.4. The average Bonchev–Trinajstić information content (AvgIpc) is 3.30. The zero-order chi connectivity index (χ0) is 28.6. The molecule has 3 aromatic heterocycles. The minimum atomic E-state index is -1.88. The molecule has 0 saturated carbocycles. The van der Waals surface area contributed by atoms with E-state index in [-0.39, 0.29) is 15.8 Å². The molecular formula is C30H41N5O2SSi. The highest BCUT2D eigenvalue weighted by Gasteiger charge is 2.37. The van der Waals surface area contributed by atoms with Crippen LogP contribution in [0.3, 0.4) is 0 Å². The molecule has 0 aliphatic rings. The predicted molar refractivity (Wildman–Crippen MR) is 164 cm³/mol. The topological polar surface area (TPSA) is 81.9 Å². The van der Waals surface area contributed by atoms with Crippen LogP contribution in [0.2, 0.25) is 18.1 Å². The van der Waals surface area contributed by atoms with E-state index in [9.17, 15) is 4.21 Å². The summed E-state index contributed by atoms with van der Waals surface area (Å²) < 4.78 is 23.7. The molecule has 0 aliphatic carbocycles. The van der Waals surface area contributed by atoms with Crippen LogP contribution in [-0.2, 0) is 22.0 Å². The van der Waals surface area contributed by atoms with E-state index in [4.69, 9.17) is 14.4 Å². The molecule has 4 rings (SSSR count). The molecule has 3 heterocycles. The molecule has 0 fully saturated rings. The standard InChI is InChI=1S/C30H41N5O2SSi/c1-21(34-38(36)29(2,3)4)25-13-11-14-26(33-25)22-16-17-23-19-31-35(27(23)18-22)28-15-10-12-24(32-28)20-37-39(8,9)30(5,6)7/h10-19,21,34H,20H2,1-9H3/t21-,38+/m0/s1. The highest BCUT2D eigenvalue weighted by molar-refractivity contribution is 7.84. The Balaban J connectivity index is 1.61. The lowest BCUT2D eigenvalue weighted by atomic mass is 10.1. The fourth-order valence-electron chi connectivity index (χ4n) is 3.75. The van der Waals surface area contributed by atoms with Crippen molar-refractivity contribution in [3.05, 3.63) is 72.2 Å². The van der Waals surface area contributed by atoms with Crippen molar-refractivity contribution in [3.8, 4) is 17.1 Å². The van der Waals surface area contributed by atoms with Gasteiger partial charge in [0.25, 0.3) is 0 Å². The number of benzene rings is 1. The third-order valence-corrected chi connectivity index (χ3v) is 13.5. The lowest BCUT2D eigenvalue weighted by Crippen LogP contribution is -2.40. The summed E-state index contributed by atoms with van der Waals surface area (Å²) >= 11 is 0. The molecular weight excluding hydrogens is 523 g/mol. The number of nitrogens with zero attached hydrogens (tertiary/aromatic N) is 4. The van der Waals surface area contributed by atoms with Gasteiger partial charge in [0.05, 0.1) is 57.2 Å². The van der Waals surface area contributed by atoms with E-state index in [1.807, 2.05) is 75.0 Å². The van der Waals surface area contributed by atoms with E-state index in [1.54, 1.807) is 0 Å². The van der Waals surface area contributed by atoms with Crippen LogP contribution in [0, 0.1) is 0 Å². The summed E-state index contributed by atoms with van der Waals surface area (Å²) in [5.74, 6) is 0.752. The third-order valence-electron chi connectivity index (χ3n) is 7.32. The largest absolute Gasteiger partial charge is 0.411 e. The lowest BCUT2D eigenvalue weighted by Gasteiger charge is -2.36. The zero-order valence-corrected chi connectivity index (χ0v) is 26.4. The van der Waals surface area contributed by atoms with Crippen molar-refractivity contribution in [2.45, 2.75) is 84.0 Å². The number of hydrogen-bond acceptors (Lipinski definition) is 5. The molecule has 1 N–H and O–H groups in total. The van der Waals surface area contributed by atoms with E-state index >= 15 is 0 Å². The van der Waals surface area contributed by atoms with Gasteiger partial charge in [0.15, 0.2) is 14.1 Å². The Hall–Kier alpha value is -2.72. The molecule has 1 aromatic carbocycles. The van der Waals surface area contributed by atoms with Crippen molar-refractivity contribution in [3.63, 3.8) is 0 Å². The molecule has 0 amide bonds. The van der Waals surface area contributed by atoms with Gasteiger partial charge in [-0.05, 0) is 76.2 Å². The SMILES string of the molecule is C[C@H](N[S@](=O)C(C)(C)C)c1cccc(-c2ccc3cnn(-c4cccc(CO[Si](C)(C)C(C)(C)C)n4)c3c2)n1. The van der Waals surface area contributed by atoms with Gasteiger partial charge in [-0.3, -0.25) is 4.98 Å². The van der Waals surface area contributed by atoms with Gasteiger partial charge >= 0.3 is 0 Å². The highest BCUT2D eigenvalue weighted by Crippen LogP contribution is 2.37. The number of rotatable bonds is 8. The predicted octanol–water partition coefficient (Wildman–Crippen LogP) is 7.12. The summed E-state index contributed by atoms with van der Waals surface area (Å²) in [6, 6.07) is 18.0. The maximum absolute atomic E-state index is 12.6. The summed E-state index contributed by atoms with van der Waals surface area (Å²) in [4.78, 5) is 9.78. The van der Waals surface area contributed by atoms with Crippen LogP contribution in [0.1, 0.15) is 65.9 Å². The van der Waals surface area contributed by atoms with Crippen LogP contribution in [0.5, 0.6) is 0 Å². The number of aromatic nitrogens is 4. The first kappa shape index (κ1) is 29.3. The Bertz CT molecular complexity index is 1490. The number of hydrogen-bond donors (Lipinski definition) is 1. The minimum Gasteiger partial charge on any atom is -0.411 e. The maximum Gasteiger partial charge on any atom is 0.192 e. The molecule has 39 heavy (non-hydrogen) atoms. The second-order valence-corrected chi connectivity index (χ2v) is 19.3. The van der Waals surface area contributed by atoms with Gasteiger partial charge < -0.3 is 4.43 Å². The fourth-order valence-corrected chi connectivity index (χ4v) is 5.48. The van der Waals surface area contributed by atoms with Gasteiger partial charge in [-0.2, -0.15) is 5.10 Å². The van der Waals surface area contributed by atoms with Gasteiger partial charge in [-0.25, -0.2) is 18.6 Å². The van der Waals surface area contributed by atoms with Crippen molar-refractivity contribution in [1.82, 2.24) is 24.5 Å². The lowest BCUT2D eigenvalue weighted by molar-refractivity contribution is 0.272. The van der Waals surface area contributed by atoms with E-state index in [0.717, 1.165) is 39.4 Å². The van der Waals surface area contributed by atoms with E-state index in [1.165, 1.54) is 0 Å². The van der Waals surface area contributed by atoms with Crippen molar-refractivity contribution in [2.24, 2.45) is 0 Å². The Morgan fingerprint density at radius 3 is 2.41 bits per heavy atom. The van der Waals surface area contributed by atoms with Crippen molar-refractivity contribution >= 4 is 30.2 Å². The smallest absolute Gasteiger partial charge is 0.192 e. The maximum atomic E-state index is 12.6. The molecule has 0 spiro atoms. The first-order valence-corrected chi connectivity index (χ1v) is 17.4. The van der Waals surface area contributed by atoms with Gasteiger partial charge in [0.2, 0.25) is 0 Å². The molecule has 0 radical (unpaired) electrons. The van der Waals surface area contributed by atoms with Crippen LogP contribution >= 0.6 is 0 Å². The first-order chi connectivity index (χ1) is 18.2. The van der Waals surface area contributed by atoms with Crippen LogP contribution in [-0.4, -0.2) is 37.0 Å². The highest BCUT2D eigenvalue weighted by atomic mass is 32.2. The van der Waals surface area contributed by atoms with Gasteiger partial charge in [-0.1, -0.05) is 45.0 Å². The van der Waals surface area contributed by atoms with E-state index in [2.05, 4.69) is 61.9 Å². The molecule has 2 atom stereocenters. The van der Waals surface area contributed by atoms with E-state index in [0.29, 0.717) is 6.61 Å². The monoisotopic (exact) mass is 563 g/mol. The Kier molecular flexibility index (Phi) is 8.28. The van der Waals surface area contributed by atoms with Crippen molar-refractivity contribution in [1.29, 1.82) is 0 Å². The second-order valence-electron chi connectivity index (χ2n) is 12.5. The van der Waals surface area contributed by atoms with Crippen molar-refractivity contribution in [2.75, 3.05) is 0 Å². The number of pyridine rings is 2. The molecule has 9 heteroatoms. The molecule has 7 nitrogen and oxygen atoms in total. The van der Waals surface area contributed by atoms with Crippen LogP contribution in [0.4, 0.5) is 0 Å². The van der Waals surface area contributed by atoms with Crippen LogP contribution in [0.25, 0.3) is 28.0 Å². The Morgan fingerprint density at radius 1 is 1.00 bits per heavy atom. The minimum absolute atomic E-state index is 0.141. The molecule has 0 bridgehead atoms. The second kappa shape index (κ2) is 11.0. The van der Waals surface area contributed by atoms with Gasteiger partial charge in [0.1, 0.15) is 0 Å². The van der Waals surface area contributed by atoms with Crippen LogP contribution < -0.4 is 4.72 Å². The molecule has 4 aromatic rings. The average molecular weight is 564 g/mol. The molecule has 208 valence electrons. The fraction of sp³-hybridized carbons (Fsp3) is 0.433. The summed E-state index contributed by atoms with van der Waals surface area (Å²) in [5.41, 5.74) is 4.51.